The van der Waals surface area contributed by atoms with Crippen LogP contribution < -0.4 is 20.4 Å². The van der Waals surface area contributed by atoms with Crippen LogP contribution >= 0.6 is 11.6 Å². The molecule has 1 heterocycles. The van der Waals surface area contributed by atoms with Crippen LogP contribution in [0.15, 0.2) is 53.9 Å². The van der Waals surface area contributed by atoms with Gasteiger partial charge in [0.05, 0.1) is 30.5 Å². The smallest absolute Gasteiger partial charge is 0.122 e. The number of benzene rings is 2. The third kappa shape index (κ3) is 9.38. The lowest BCUT2D eigenvalue weighted by Gasteiger charge is -2.27. The first-order valence-corrected chi connectivity index (χ1v) is 14.1. The number of aliphatic hydroxyl groups is 2. The highest BCUT2D eigenvalue weighted by molar-refractivity contribution is 6.18. The van der Waals surface area contributed by atoms with Crippen LogP contribution in [0.4, 0.5) is 0 Å². The number of rotatable bonds is 12. The van der Waals surface area contributed by atoms with E-state index < -0.39 is 6.10 Å². The molecule has 1 atom stereocenters. The first kappa shape index (κ1) is 33.6. The van der Waals surface area contributed by atoms with E-state index in [1.807, 2.05) is 64.8 Å². The number of ether oxygens (including phenoxy) is 2. The Hall–Kier alpha value is -2.45. The summed E-state index contributed by atoms with van der Waals surface area (Å²) in [6, 6.07) is 14.4. The Kier molecular flexibility index (Phi) is 15.2. The molecular weight excluding hydrogens is 502 g/mol. The number of nitrogens with one attached hydrogen (secondary N) is 2. The predicted molar refractivity (Wildman–Crippen MR) is 158 cm³/mol. The van der Waals surface area contributed by atoms with Crippen molar-refractivity contribution in [3.63, 3.8) is 0 Å². The molecule has 2 aromatic carbocycles. The third-order valence-corrected chi connectivity index (χ3v) is 6.57. The van der Waals surface area contributed by atoms with Gasteiger partial charge in [-0.2, -0.15) is 0 Å². The molecule has 0 saturated heterocycles. The van der Waals surface area contributed by atoms with Gasteiger partial charge in [0.25, 0.3) is 0 Å². The fraction of sp³-hybridized carbons (Fsp3) is 0.533. The summed E-state index contributed by atoms with van der Waals surface area (Å²) >= 11 is 5.64. The van der Waals surface area contributed by atoms with E-state index in [1.165, 1.54) is 11.1 Å². The van der Waals surface area contributed by atoms with Crippen LogP contribution in [0.1, 0.15) is 71.6 Å². The Labute approximate surface area is 234 Å². The summed E-state index contributed by atoms with van der Waals surface area (Å²) in [7, 11) is 0. The summed E-state index contributed by atoms with van der Waals surface area (Å²) in [6.07, 6.45) is 0.167. The topological polar surface area (TPSA) is 86.2 Å². The normalized spacial score (nSPS) is 13.6. The first-order chi connectivity index (χ1) is 18.3. The summed E-state index contributed by atoms with van der Waals surface area (Å²) in [5.41, 5.74) is 11.0. The number of allylic oxidation sites excluding steroid dienone is 1. The van der Waals surface area contributed by atoms with E-state index in [0.29, 0.717) is 6.61 Å². The lowest BCUT2D eigenvalue weighted by Crippen LogP contribution is -2.38. The minimum absolute atomic E-state index is 0.00921. The number of halogens is 1. The van der Waals surface area contributed by atoms with Crippen molar-refractivity contribution >= 4 is 11.6 Å². The van der Waals surface area contributed by atoms with Crippen LogP contribution in [0, 0.1) is 6.92 Å². The maximum absolute atomic E-state index is 9.63. The van der Waals surface area contributed by atoms with Gasteiger partial charge in [-0.15, -0.1) is 17.1 Å². The minimum Gasteiger partial charge on any atom is -0.494 e. The van der Waals surface area contributed by atoms with E-state index in [-0.39, 0.29) is 24.5 Å². The molecule has 1 aliphatic heterocycles. The largest absolute Gasteiger partial charge is 0.494 e. The second-order valence-electron chi connectivity index (χ2n) is 9.06. The molecular formula is C30H48ClN3O4. The van der Waals surface area contributed by atoms with Gasteiger partial charge in [0.1, 0.15) is 24.2 Å². The first-order valence-electron chi connectivity index (χ1n) is 13.6. The highest BCUT2D eigenvalue weighted by atomic mass is 35.5. The lowest BCUT2D eigenvalue weighted by atomic mass is 9.77. The second-order valence-corrected chi connectivity index (χ2v) is 9.37. The Morgan fingerprint density at radius 1 is 0.974 bits per heavy atom. The van der Waals surface area contributed by atoms with Gasteiger partial charge in [-0.1, -0.05) is 65.8 Å². The maximum atomic E-state index is 9.63. The van der Waals surface area contributed by atoms with E-state index >= 15 is 0 Å². The fourth-order valence-corrected chi connectivity index (χ4v) is 3.92. The molecule has 0 amide bonds. The monoisotopic (exact) mass is 549 g/mol. The Bertz CT molecular complexity index is 980. The average molecular weight is 550 g/mol. The third-order valence-electron chi connectivity index (χ3n) is 6.22. The Morgan fingerprint density at radius 2 is 1.61 bits per heavy atom. The van der Waals surface area contributed by atoms with Crippen molar-refractivity contribution in [3.8, 4) is 11.5 Å². The molecule has 7 nitrogen and oxygen atoms in total. The molecule has 1 unspecified atom stereocenters. The van der Waals surface area contributed by atoms with Crippen LogP contribution in [0.5, 0.6) is 11.5 Å². The molecule has 3 rings (SSSR count). The Balaban J connectivity index is 0.00000172. The van der Waals surface area contributed by atoms with Gasteiger partial charge >= 0.3 is 0 Å². The number of alkyl halides is 1. The summed E-state index contributed by atoms with van der Waals surface area (Å²) in [6.45, 7) is 17.9. The fourth-order valence-electron chi connectivity index (χ4n) is 3.83. The van der Waals surface area contributed by atoms with Crippen LogP contribution in [-0.2, 0) is 5.41 Å². The van der Waals surface area contributed by atoms with Gasteiger partial charge in [-0.05, 0) is 48.7 Å². The molecule has 0 spiro atoms. The molecule has 0 bridgehead atoms. The van der Waals surface area contributed by atoms with Crippen molar-refractivity contribution in [2.24, 2.45) is 0 Å². The van der Waals surface area contributed by atoms with Gasteiger partial charge < -0.3 is 25.1 Å². The van der Waals surface area contributed by atoms with Crippen molar-refractivity contribution in [3.05, 3.63) is 70.5 Å². The van der Waals surface area contributed by atoms with E-state index in [9.17, 15) is 10.2 Å². The predicted octanol–water partition coefficient (Wildman–Crippen LogP) is 5.67. The van der Waals surface area contributed by atoms with Gasteiger partial charge in [-0.25, -0.2) is 0 Å². The number of hydrazine groups is 2. The quantitative estimate of drug-likeness (QED) is 0.200. The molecule has 0 aromatic heterocycles. The molecule has 0 radical (unpaired) electrons. The van der Waals surface area contributed by atoms with Crippen LogP contribution in [0.2, 0.25) is 0 Å². The maximum Gasteiger partial charge on any atom is 0.122 e. The van der Waals surface area contributed by atoms with Gasteiger partial charge in [0.2, 0.25) is 0 Å². The van der Waals surface area contributed by atoms with Crippen LogP contribution in [0.25, 0.3) is 0 Å². The molecule has 8 heteroatoms. The SMILES string of the molecule is CC.CC.CC1=C(CO)NNN1CCCOc1ccc(C(C)(C)c2ccc(OCC(O)CCl)c(C)c2)cc1. The number of hydrogen-bond acceptors (Lipinski definition) is 7. The minimum atomic E-state index is -0.674. The molecule has 2 aromatic rings. The van der Waals surface area contributed by atoms with E-state index in [0.717, 1.165) is 41.4 Å². The Morgan fingerprint density at radius 3 is 2.16 bits per heavy atom. The summed E-state index contributed by atoms with van der Waals surface area (Å²) in [5.74, 6) is 1.75. The summed E-state index contributed by atoms with van der Waals surface area (Å²) in [5, 5.41) is 20.9. The molecule has 0 fully saturated rings. The number of hydrogen-bond donors (Lipinski definition) is 4. The van der Waals surface area contributed by atoms with Crippen molar-refractivity contribution < 1.29 is 19.7 Å². The van der Waals surface area contributed by atoms with Crippen LogP contribution in [0.3, 0.4) is 0 Å². The number of aryl methyl sites for hydroxylation is 1. The van der Waals surface area contributed by atoms with Gasteiger partial charge in [0, 0.05) is 18.4 Å². The zero-order valence-electron chi connectivity index (χ0n) is 24.4. The molecule has 214 valence electrons. The zero-order chi connectivity index (χ0) is 28.7. The molecule has 0 aliphatic carbocycles. The highest BCUT2D eigenvalue weighted by Gasteiger charge is 2.24. The highest BCUT2D eigenvalue weighted by Crippen LogP contribution is 2.34. The van der Waals surface area contributed by atoms with E-state index in [1.54, 1.807) is 0 Å². The van der Waals surface area contributed by atoms with Crippen molar-refractivity contribution in [2.75, 3.05) is 32.2 Å². The van der Waals surface area contributed by atoms with Crippen molar-refractivity contribution in [2.45, 2.75) is 73.3 Å². The molecule has 4 N–H and O–H groups in total. The molecule has 38 heavy (non-hydrogen) atoms. The van der Waals surface area contributed by atoms with E-state index in [4.69, 9.17) is 21.1 Å². The number of nitrogens with zero attached hydrogens (tertiary/aromatic N) is 1. The second kappa shape index (κ2) is 17.2. The van der Waals surface area contributed by atoms with Gasteiger partial charge in [0.15, 0.2) is 0 Å². The lowest BCUT2D eigenvalue weighted by molar-refractivity contribution is 0.125. The average Bonchev–Trinajstić information content (AvgIpc) is 3.31. The summed E-state index contributed by atoms with van der Waals surface area (Å²) < 4.78 is 11.6. The van der Waals surface area contributed by atoms with Gasteiger partial charge in [-0.3, -0.25) is 5.01 Å². The number of aliphatic hydroxyl groups excluding tert-OH is 2. The van der Waals surface area contributed by atoms with Crippen molar-refractivity contribution in [1.82, 2.24) is 16.0 Å². The molecule has 0 saturated carbocycles. The molecule has 1 aliphatic rings. The summed E-state index contributed by atoms with van der Waals surface area (Å²) in [4.78, 5) is 0. The van der Waals surface area contributed by atoms with Crippen LogP contribution in [-0.4, -0.2) is 53.6 Å². The standard InChI is InChI=1S/C26H36ClN3O4.2C2H6/c1-18-14-21(8-11-25(18)34-17-22(32)15-27)26(3,4)20-6-9-23(10-7-20)33-13-5-12-30-19(2)24(16-31)28-29-30;2*1-2/h6-11,14,22,28-29,31-32H,5,12-13,15-17H2,1-4H3;2*1-2H3. The zero-order valence-corrected chi connectivity index (χ0v) is 25.2. The van der Waals surface area contributed by atoms with Crippen molar-refractivity contribution in [1.29, 1.82) is 0 Å². The van der Waals surface area contributed by atoms with E-state index in [2.05, 4.69) is 49.1 Å².